The molecule has 2 atom stereocenters. The highest BCUT2D eigenvalue weighted by Crippen LogP contribution is 2.37. The van der Waals surface area contributed by atoms with Gasteiger partial charge in [0.05, 0.1) is 6.61 Å². The molecule has 1 aliphatic rings. The largest absolute Gasteiger partial charge is 0.394 e. The highest BCUT2D eigenvalue weighted by atomic mass is 32.2. The van der Waals surface area contributed by atoms with Gasteiger partial charge in [0.15, 0.2) is 5.16 Å². The third-order valence-electron chi connectivity index (χ3n) is 2.86. The van der Waals surface area contributed by atoms with Crippen molar-refractivity contribution in [3.63, 3.8) is 0 Å². The number of thioether (sulfide) groups is 1. The predicted octanol–water partition coefficient (Wildman–Crippen LogP) is 0.149. The molecule has 0 saturated heterocycles. The molecule has 0 amide bonds. The van der Waals surface area contributed by atoms with Crippen LogP contribution in [0.5, 0.6) is 0 Å². The molecule has 1 fully saturated rings. The molecule has 5 nitrogen and oxygen atoms in total. The maximum absolute atomic E-state index is 9.16. The van der Waals surface area contributed by atoms with E-state index in [1.165, 1.54) is 0 Å². The summed E-state index contributed by atoms with van der Waals surface area (Å²) in [6, 6.07) is 0. The van der Waals surface area contributed by atoms with Crippen LogP contribution in [0, 0.1) is 0 Å². The standard InChI is InChI=1S/C9H16N4OS/c1-13-6-11-12-8(13)15-7-2-3-9(10,4-7)5-14/h6-7,14H,2-5,10H2,1H3. The highest BCUT2D eigenvalue weighted by molar-refractivity contribution is 7.99. The van der Waals surface area contributed by atoms with E-state index in [-0.39, 0.29) is 12.1 Å². The Balaban J connectivity index is 1.96. The van der Waals surface area contributed by atoms with Crippen molar-refractivity contribution in [1.82, 2.24) is 14.8 Å². The van der Waals surface area contributed by atoms with Gasteiger partial charge < -0.3 is 15.4 Å². The second-order valence-electron chi connectivity index (χ2n) is 4.23. The van der Waals surface area contributed by atoms with Crippen molar-refractivity contribution in [3.8, 4) is 0 Å². The Hall–Kier alpha value is -0.590. The van der Waals surface area contributed by atoms with E-state index in [0.717, 1.165) is 24.4 Å². The van der Waals surface area contributed by atoms with Crippen molar-refractivity contribution in [3.05, 3.63) is 6.33 Å². The second kappa shape index (κ2) is 4.11. The molecule has 6 heteroatoms. The first kappa shape index (κ1) is 10.9. The van der Waals surface area contributed by atoms with E-state index in [1.807, 2.05) is 11.6 Å². The molecule has 0 bridgehead atoms. The Bertz CT molecular complexity index is 343. The number of aryl methyl sites for hydroxylation is 1. The quantitative estimate of drug-likeness (QED) is 0.770. The SMILES string of the molecule is Cn1cnnc1SC1CCC(N)(CO)C1. The average molecular weight is 228 g/mol. The number of aliphatic hydroxyl groups excluding tert-OH is 1. The average Bonchev–Trinajstić information content (AvgIpc) is 2.77. The van der Waals surface area contributed by atoms with Gasteiger partial charge in [0.2, 0.25) is 0 Å². The molecule has 1 saturated carbocycles. The lowest BCUT2D eigenvalue weighted by atomic mass is 10.0. The Labute approximate surface area is 93.1 Å². The zero-order valence-electron chi connectivity index (χ0n) is 8.76. The summed E-state index contributed by atoms with van der Waals surface area (Å²) in [5, 5.41) is 18.4. The summed E-state index contributed by atoms with van der Waals surface area (Å²) >= 11 is 1.70. The summed E-state index contributed by atoms with van der Waals surface area (Å²) < 4.78 is 1.90. The molecule has 0 spiro atoms. The van der Waals surface area contributed by atoms with Crippen molar-refractivity contribution in [2.45, 2.75) is 35.2 Å². The van der Waals surface area contributed by atoms with Gasteiger partial charge in [-0.25, -0.2) is 0 Å². The van der Waals surface area contributed by atoms with Gasteiger partial charge in [-0.3, -0.25) is 0 Å². The Kier molecular flexibility index (Phi) is 2.99. The summed E-state index contributed by atoms with van der Waals surface area (Å²) in [4.78, 5) is 0. The van der Waals surface area contributed by atoms with Crippen molar-refractivity contribution in [1.29, 1.82) is 0 Å². The minimum absolute atomic E-state index is 0.0723. The molecule has 1 aliphatic carbocycles. The van der Waals surface area contributed by atoms with Crippen LogP contribution in [0.25, 0.3) is 0 Å². The summed E-state index contributed by atoms with van der Waals surface area (Å²) in [5.74, 6) is 0. The van der Waals surface area contributed by atoms with E-state index >= 15 is 0 Å². The van der Waals surface area contributed by atoms with Crippen LogP contribution in [-0.2, 0) is 7.05 Å². The van der Waals surface area contributed by atoms with Gasteiger partial charge in [-0.2, -0.15) is 0 Å². The maximum atomic E-state index is 9.16. The van der Waals surface area contributed by atoms with Crippen LogP contribution in [0.15, 0.2) is 11.5 Å². The number of hydrogen-bond donors (Lipinski definition) is 2. The molecule has 0 radical (unpaired) electrons. The molecule has 84 valence electrons. The van der Waals surface area contributed by atoms with Crippen molar-refractivity contribution in [2.24, 2.45) is 12.8 Å². The topological polar surface area (TPSA) is 77.0 Å². The molecule has 3 N–H and O–H groups in total. The van der Waals surface area contributed by atoms with Crippen LogP contribution in [0.3, 0.4) is 0 Å². The van der Waals surface area contributed by atoms with Crippen LogP contribution in [-0.4, -0.2) is 37.3 Å². The zero-order chi connectivity index (χ0) is 10.9. The van der Waals surface area contributed by atoms with Gasteiger partial charge in [-0.1, -0.05) is 11.8 Å². The molecule has 2 unspecified atom stereocenters. The first-order valence-electron chi connectivity index (χ1n) is 5.03. The van der Waals surface area contributed by atoms with E-state index < -0.39 is 0 Å². The Morgan fingerprint density at radius 3 is 3.13 bits per heavy atom. The van der Waals surface area contributed by atoms with Gasteiger partial charge in [-0.15, -0.1) is 10.2 Å². The lowest BCUT2D eigenvalue weighted by Gasteiger charge is -2.20. The van der Waals surface area contributed by atoms with Crippen molar-refractivity contribution in [2.75, 3.05) is 6.61 Å². The van der Waals surface area contributed by atoms with Gasteiger partial charge in [0.1, 0.15) is 6.33 Å². The first-order valence-corrected chi connectivity index (χ1v) is 5.91. The van der Waals surface area contributed by atoms with Gasteiger partial charge >= 0.3 is 0 Å². The number of nitrogens with two attached hydrogens (primary N) is 1. The third-order valence-corrected chi connectivity index (χ3v) is 4.17. The van der Waals surface area contributed by atoms with Crippen LogP contribution >= 0.6 is 11.8 Å². The van der Waals surface area contributed by atoms with Crippen molar-refractivity contribution < 1.29 is 5.11 Å². The fourth-order valence-corrected chi connectivity index (χ4v) is 3.14. The molecule has 1 aromatic heterocycles. The van der Waals surface area contributed by atoms with Crippen LogP contribution in [0.2, 0.25) is 0 Å². The molecule has 2 rings (SSSR count). The van der Waals surface area contributed by atoms with Gasteiger partial charge in [0, 0.05) is 17.8 Å². The number of nitrogens with zero attached hydrogens (tertiary/aromatic N) is 3. The normalized spacial score (nSPS) is 31.0. The monoisotopic (exact) mass is 228 g/mol. The fraction of sp³-hybridized carbons (Fsp3) is 0.778. The highest BCUT2D eigenvalue weighted by Gasteiger charge is 2.36. The molecule has 15 heavy (non-hydrogen) atoms. The van der Waals surface area contributed by atoms with E-state index in [1.54, 1.807) is 18.1 Å². The molecular formula is C9H16N4OS. The van der Waals surface area contributed by atoms with Gasteiger partial charge in [-0.05, 0) is 19.3 Å². The zero-order valence-corrected chi connectivity index (χ0v) is 9.57. The minimum atomic E-state index is -0.379. The van der Waals surface area contributed by atoms with Crippen LogP contribution in [0.4, 0.5) is 0 Å². The second-order valence-corrected chi connectivity index (χ2v) is 5.50. The molecule has 0 aromatic carbocycles. The number of aromatic nitrogens is 3. The van der Waals surface area contributed by atoms with E-state index in [4.69, 9.17) is 10.8 Å². The molecule has 1 aromatic rings. The Morgan fingerprint density at radius 1 is 1.80 bits per heavy atom. The molecule has 0 aliphatic heterocycles. The van der Waals surface area contributed by atoms with E-state index in [2.05, 4.69) is 10.2 Å². The third kappa shape index (κ3) is 2.32. The lowest BCUT2D eigenvalue weighted by Crippen LogP contribution is -2.40. The van der Waals surface area contributed by atoms with E-state index in [9.17, 15) is 0 Å². The van der Waals surface area contributed by atoms with Gasteiger partial charge in [0.25, 0.3) is 0 Å². The van der Waals surface area contributed by atoms with Crippen molar-refractivity contribution >= 4 is 11.8 Å². The van der Waals surface area contributed by atoms with Crippen LogP contribution < -0.4 is 5.73 Å². The number of aliphatic hydroxyl groups is 1. The first-order chi connectivity index (χ1) is 7.13. The predicted molar refractivity (Wildman–Crippen MR) is 58.5 cm³/mol. The molecular weight excluding hydrogens is 212 g/mol. The summed E-state index contributed by atoms with van der Waals surface area (Å²) in [6.07, 6.45) is 4.47. The summed E-state index contributed by atoms with van der Waals surface area (Å²) in [5.41, 5.74) is 5.63. The summed E-state index contributed by atoms with van der Waals surface area (Å²) in [6.45, 7) is 0.0723. The summed E-state index contributed by atoms with van der Waals surface area (Å²) in [7, 11) is 1.93. The lowest BCUT2D eigenvalue weighted by molar-refractivity contribution is 0.200. The van der Waals surface area contributed by atoms with Crippen LogP contribution in [0.1, 0.15) is 19.3 Å². The smallest absolute Gasteiger partial charge is 0.191 e. The molecule has 1 heterocycles. The van der Waals surface area contributed by atoms with E-state index in [0.29, 0.717) is 5.25 Å². The minimum Gasteiger partial charge on any atom is -0.394 e. The maximum Gasteiger partial charge on any atom is 0.191 e. The fourth-order valence-electron chi connectivity index (χ4n) is 1.88. The number of hydrogen-bond acceptors (Lipinski definition) is 5. The Morgan fingerprint density at radius 2 is 2.60 bits per heavy atom. The number of rotatable bonds is 3.